The zero-order valence-electron chi connectivity index (χ0n) is 14.1. The summed E-state index contributed by atoms with van der Waals surface area (Å²) in [7, 11) is 0. The van der Waals surface area contributed by atoms with Gasteiger partial charge in [-0.1, -0.05) is 0 Å². The number of ether oxygens (including phenoxy) is 3. The van der Waals surface area contributed by atoms with Crippen molar-refractivity contribution < 1.29 is 43.9 Å². The molecule has 0 aromatic rings. The fourth-order valence-electron chi connectivity index (χ4n) is 1.56. The number of hydrogen-bond donors (Lipinski definition) is 3. The summed E-state index contributed by atoms with van der Waals surface area (Å²) < 4.78 is 14.7. The topological polar surface area (TPSA) is 140 Å². The summed E-state index contributed by atoms with van der Waals surface area (Å²) in [5.74, 6) is -2.14. The van der Waals surface area contributed by atoms with Gasteiger partial charge in [0.25, 0.3) is 0 Å². The number of aliphatic hydroxyl groups is 3. The number of hydrogen-bond acceptors (Lipinski definition) is 9. The van der Waals surface area contributed by atoms with E-state index < -0.39 is 42.3 Å². The molecular formula is C15H26O9. The van der Waals surface area contributed by atoms with Crippen molar-refractivity contribution in [1.82, 2.24) is 0 Å². The van der Waals surface area contributed by atoms with Crippen LogP contribution < -0.4 is 0 Å². The van der Waals surface area contributed by atoms with Crippen molar-refractivity contribution in [3.05, 3.63) is 0 Å². The Morgan fingerprint density at radius 3 is 1.38 bits per heavy atom. The van der Waals surface area contributed by atoms with Crippen LogP contribution >= 0.6 is 0 Å². The highest BCUT2D eigenvalue weighted by Gasteiger charge is 2.21. The first kappa shape index (κ1) is 22.3. The predicted octanol–water partition coefficient (Wildman–Crippen LogP) is -0.703. The summed E-state index contributed by atoms with van der Waals surface area (Å²) in [4.78, 5) is 34.4. The highest BCUT2D eigenvalue weighted by atomic mass is 16.6. The van der Waals surface area contributed by atoms with Gasteiger partial charge < -0.3 is 29.5 Å². The van der Waals surface area contributed by atoms with Crippen molar-refractivity contribution in [2.24, 2.45) is 0 Å². The molecule has 3 atom stereocenters. The molecule has 0 amide bonds. The Kier molecular flexibility index (Phi) is 10.9. The van der Waals surface area contributed by atoms with Gasteiger partial charge in [-0.3, -0.25) is 14.4 Å². The van der Waals surface area contributed by atoms with E-state index >= 15 is 0 Å². The second-order valence-electron chi connectivity index (χ2n) is 5.64. The van der Waals surface area contributed by atoms with Gasteiger partial charge in [-0.2, -0.15) is 0 Å². The van der Waals surface area contributed by atoms with E-state index in [1.807, 2.05) is 0 Å². The van der Waals surface area contributed by atoms with Gasteiger partial charge in [0.15, 0.2) is 6.10 Å². The number of esters is 3. The SMILES string of the molecule is CC(O)CC(=O)OCC(COC(=O)CC(C)O)OC(=O)CC(C)O. The van der Waals surface area contributed by atoms with Gasteiger partial charge in [0.2, 0.25) is 0 Å². The standard InChI is InChI=1S/C15H26O9/c1-9(16)4-13(19)22-7-12(24-15(21)6-11(3)18)8-23-14(20)5-10(2)17/h9-12,16-18H,4-8H2,1-3H3. The molecule has 0 radical (unpaired) electrons. The zero-order chi connectivity index (χ0) is 18.7. The smallest absolute Gasteiger partial charge is 0.308 e. The summed E-state index contributed by atoms with van der Waals surface area (Å²) in [6, 6.07) is 0. The normalized spacial score (nSPS) is 15.8. The van der Waals surface area contributed by atoms with Crippen molar-refractivity contribution in [2.75, 3.05) is 13.2 Å². The van der Waals surface area contributed by atoms with Crippen molar-refractivity contribution >= 4 is 17.9 Å². The van der Waals surface area contributed by atoms with E-state index in [9.17, 15) is 14.4 Å². The Balaban J connectivity index is 4.50. The lowest BCUT2D eigenvalue weighted by atomic mass is 10.3. The van der Waals surface area contributed by atoms with Crippen LogP contribution in [0.2, 0.25) is 0 Å². The van der Waals surface area contributed by atoms with Crippen LogP contribution in [0.25, 0.3) is 0 Å². The molecule has 0 saturated heterocycles. The van der Waals surface area contributed by atoms with Crippen LogP contribution in [-0.4, -0.2) is 70.9 Å². The van der Waals surface area contributed by atoms with Crippen LogP contribution in [0.1, 0.15) is 40.0 Å². The highest BCUT2D eigenvalue weighted by Crippen LogP contribution is 2.04. The average Bonchev–Trinajstić information content (AvgIpc) is 2.39. The molecule has 0 aliphatic carbocycles. The predicted molar refractivity (Wildman–Crippen MR) is 80.7 cm³/mol. The van der Waals surface area contributed by atoms with Crippen molar-refractivity contribution in [1.29, 1.82) is 0 Å². The van der Waals surface area contributed by atoms with Crippen LogP contribution in [0.5, 0.6) is 0 Å². The Bertz CT molecular complexity index is 378. The van der Waals surface area contributed by atoms with E-state index in [4.69, 9.17) is 29.5 Å². The Hall–Kier alpha value is -1.71. The van der Waals surface area contributed by atoms with Gasteiger partial charge in [-0.05, 0) is 20.8 Å². The molecular weight excluding hydrogens is 324 g/mol. The minimum absolute atomic E-state index is 0.226. The van der Waals surface area contributed by atoms with Crippen molar-refractivity contribution in [3.8, 4) is 0 Å². The minimum Gasteiger partial charge on any atom is -0.462 e. The van der Waals surface area contributed by atoms with Crippen LogP contribution in [0.3, 0.4) is 0 Å². The maximum absolute atomic E-state index is 11.6. The van der Waals surface area contributed by atoms with E-state index in [2.05, 4.69) is 0 Å². The monoisotopic (exact) mass is 350 g/mol. The number of aliphatic hydroxyl groups excluding tert-OH is 3. The maximum atomic E-state index is 11.6. The molecule has 3 unspecified atom stereocenters. The second-order valence-corrected chi connectivity index (χ2v) is 5.64. The van der Waals surface area contributed by atoms with Gasteiger partial charge in [0.1, 0.15) is 13.2 Å². The van der Waals surface area contributed by atoms with E-state index in [0.29, 0.717) is 0 Å². The Labute approximate surface area is 140 Å². The highest BCUT2D eigenvalue weighted by molar-refractivity contribution is 5.71. The van der Waals surface area contributed by atoms with Crippen LogP contribution in [0, 0.1) is 0 Å². The van der Waals surface area contributed by atoms with Crippen LogP contribution in [0.15, 0.2) is 0 Å². The summed E-state index contributed by atoms with van der Waals surface area (Å²) in [6.07, 6.45) is -4.43. The number of carbonyl (C=O) groups excluding carboxylic acids is 3. The summed E-state index contributed by atoms with van der Waals surface area (Å²) in [5, 5.41) is 27.3. The molecule has 0 rings (SSSR count). The summed E-state index contributed by atoms with van der Waals surface area (Å²) in [5.41, 5.74) is 0. The van der Waals surface area contributed by atoms with E-state index in [-0.39, 0.29) is 32.5 Å². The third-order valence-corrected chi connectivity index (χ3v) is 2.54. The molecule has 0 aliphatic heterocycles. The zero-order valence-corrected chi connectivity index (χ0v) is 14.1. The lowest BCUT2D eigenvalue weighted by Gasteiger charge is -2.19. The third kappa shape index (κ3) is 12.8. The molecule has 0 saturated carbocycles. The molecule has 0 fully saturated rings. The average molecular weight is 350 g/mol. The van der Waals surface area contributed by atoms with E-state index in [0.717, 1.165) is 0 Å². The second kappa shape index (κ2) is 11.8. The number of carbonyl (C=O) groups is 3. The molecule has 140 valence electrons. The Morgan fingerprint density at radius 1 is 0.708 bits per heavy atom. The lowest BCUT2D eigenvalue weighted by molar-refractivity contribution is -0.169. The maximum Gasteiger partial charge on any atom is 0.308 e. The minimum atomic E-state index is -1.05. The first-order chi connectivity index (χ1) is 11.1. The van der Waals surface area contributed by atoms with Crippen molar-refractivity contribution in [3.63, 3.8) is 0 Å². The largest absolute Gasteiger partial charge is 0.462 e. The molecule has 0 heterocycles. The van der Waals surface area contributed by atoms with E-state index in [1.165, 1.54) is 20.8 Å². The van der Waals surface area contributed by atoms with E-state index in [1.54, 1.807) is 0 Å². The number of rotatable bonds is 11. The van der Waals surface area contributed by atoms with Crippen LogP contribution in [0.4, 0.5) is 0 Å². The molecule has 0 spiro atoms. The molecule has 9 heteroatoms. The quantitative estimate of drug-likeness (QED) is 0.326. The molecule has 0 aliphatic rings. The molecule has 0 bridgehead atoms. The fourth-order valence-corrected chi connectivity index (χ4v) is 1.56. The molecule has 0 aromatic carbocycles. The molecule has 9 nitrogen and oxygen atoms in total. The first-order valence-electron chi connectivity index (χ1n) is 7.65. The summed E-state index contributed by atoms with van der Waals surface area (Å²) >= 11 is 0. The Morgan fingerprint density at radius 2 is 1.04 bits per heavy atom. The van der Waals surface area contributed by atoms with Gasteiger partial charge in [0.05, 0.1) is 37.6 Å². The van der Waals surface area contributed by atoms with Gasteiger partial charge in [-0.25, -0.2) is 0 Å². The van der Waals surface area contributed by atoms with Gasteiger partial charge >= 0.3 is 17.9 Å². The van der Waals surface area contributed by atoms with Gasteiger partial charge in [-0.15, -0.1) is 0 Å². The first-order valence-corrected chi connectivity index (χ1v) is 7.65. The third-order valence-electron chi connectivity index (χ3n) is 2.54. The molecule has 24 heavy (non-hydrogen) atoms. The molecule has 3 N–H and O–H groups in total. The van der Waals surface area contributed by atoms with Gasteiger partial charge in [0, 0.05) is 0 Å². The van der Waals surface area contributed by atoms with Crippen molar-refractivity contribution in [2.45, 2.75) is 64.4 Å². The summed E-state index contributed by atoms with van der Waals surface area (Å²) in [6.45, 7) is 3.51. The molecule has 0 aromatic heterocycles. The fraction of sp³-hybridized carbons (Fsp3) is 0.800. The van der Waals surface area contributed by atoms with Crippen LogP contribution in [-0.2, 0) is 28.6 Å². The lowest BCUT2D eigenvalue weighted by Crippen LogP contribution is -2.32.